The number of phosphoric ester groups is 1. The van der Waals surface area contributed by atoms with Gasteiger partial charge in [-0.1, -0.05) is 69.9 Å². The van der Waals surface area contributed by atoms with Gasteiger partial charge < -0.3 is 51.4 Å². The zero-order chi connectivity index (χ0) is 43.5. The smallest absolute Gasteiger partial charge is 0.394 e. The molecular formula is C39H61N8O11P. The van der Waals surface area contributed by atoms with Crippen LogP contribution in [0.2, 0.25) is 0 Å². The molecule has 9 N–H and O–H groups in total. The minimum Gasteiger partial charge on any atom is -0.394 e. The van der Waals surface area contributed by atoms with E-state index in [1.807, 2.05) is 36.6 Å². The molecule has 328 valence electrons. The number of aliphatic hydroxyl groups is 1. The molecule has 2 heterocycles. The molecule has 0 saturated carbocycles. The summed E-state index contributed by atoms with van der Waals surface area (Å²) in [5, 5.41) is 20.0. The lowest BCUT2D eigenvalue weighted by Gasteiger charge is -2.28. The third-order valence-corrected chi connectivity index (χ3v) is 10.5. The molecule has 2 aromatic rings. The molecule has 0 aliphatic carbocycles. The van der Waals surface area contributed by atoms with Gasteiger partial charge in [0.1, 0.15) is 30.2 Å². The molecule has 1 saturated heterocycles. The van der Waals surface area contributed by atoms with E-state index in [0.29, 0.717) is 31.6 Å². The molecule has 1 aliphatic rings. The molecule has 19 nitrogen and oxygen atoms in total. The first kappa shape index (κ1) is 48.7. The molecule has 1 aromatic carbocycles. The van der Waals surface area contributed by atoms with Crippen molar-refractivity contribution >= 4 is 43.3 Å². The van der Waals surface area contributed by atoms with Crippen LogP contribution < -0.4 is 27.0 Å². The van der Waals surface area contributed by atoms with Crippen molar-refractivity contribution < 1.29 is 52.7 Å². The van der Waals surface area contributed by atoms with E-state index >= 15 is 0 Å². The van der Waals surface area contributed by atoms with E-state index in [2.05, 4.69) is 42.9 Å². The van der Waals surface area contributed by atoms with Gasteiger partial charge in [-0.15, -0.1) is 0 Å². The van der Waals surface area contributed by atoms with Crippen molar-refractivity contribution in [3.63, 3.8) is 0 Å². The van der Waals surface area contributed by atoms with Crippen LogP contribution in [0.4, 0.5) is 0 Å². The number of aliphatic hydroxyl groups excluding tert-OH is 1. The second kappa shape index (κ2) is 24.4. The Labute approximate surface area is 344 Å². The summed E-state index contributed by atoms with van der Waals surface area (Å²) < 4.78 is 17.3. The average Bonchev–Trinajstić information content (AvgIpc) is 3.86. The Bertz CT molecular complexity index is 1740. The minimum absolute atomic E-state index is 0.0775. The van der Waals surface area contributed by atoms with Crippen molar-refractivity contribution in [1.82, 2.24) is 35.7 Å². The molecular weight excluding hydrogens is 787 g/mol. The quantitative estimate of drug-likeness (QED) is 0.0477. The number of nitrogens with two attached hydrogens (primary N) is 1. The van der Waals surface area contributed by atoms with E-state index in [1.54, 1.807) is 12.5 Å². The van der Waals surface area contributed by atoms with Crippen molar-refractivity contribution in [3.05, 3.63) is 54.1 Å². The molecule has 3 rings (SSSR count). The van der Waals surface area contributed by atoms with Gasteiger partial charge in [0, 0.05) is 38.3 Å². The Hall–Kier alpha value is -4.68. The zero-order valence-corrected chi connectivity index (χ0v) is 35.0. The lowest BCUT2D eigenvalue weighted by molar-refractivity contribution is -0.138. The standard InChI is InChI=1S/C39H61N8O11P/c1-26(2)20-30(43-39(54)34-17-13-19-47(34)27(3)49)36(51)42-31(37(52)44-32(23-48)38(53)45-33(35(40)50)24-58-59(55,56)57)21-29-22-41-25-46(29)18-12-7-5-4-6-9-14-28-15-10-8-11-16-28/h8,10-11,15-16,22,25-26,30-34,48H,4-7,9,12-14,17-21,23-24H2,1-3H3,(H2,40,50)(H,42,51)(H,43,54)(H,44,52)(H,45,53)(H2,55,56,57)/t30-,31-,32-,33-,34-/m0/s1. The lowest BCUT2D eigenvalue weighted by atomic mass is 10.0. The molecule has 1 aliphatic heterocycles. The fourth-order valence-electron chi connectivity index (χ4n) is 6.87. The Morgan fingerprint density at radius 2 is 1.49 bits per heavy atom. The van der Waals surface area contributed by atoms with Crippen LogP contribution in [0.15, 0.2) is 42.9 Å². The summed E-state index contributed by atoms with van der Waals surface area (Å²) in [6, 6.07) is 3.68. The molecule has 1 aromatic heterocycles. The SMILES string of the molecule is CC(=O)N1CCC[C@H]1C(=O)N[C@@H](CC(C)C)C(=O)N[C@@H](Cc1cncn1CCCCCCCCc1ccccc1)C(=O)N[C@@H](CO)C(=O)N[C@@H](COP(=O)(O)O)C(N)=O. The van der Waals surface area contributed by atoms with Gasteiger partial charge in [-0.25, -0.2) is 9.55 Å². The first-order valence-electron chi connectivity index (χ1n) is 20.1. The predicted octanol–water partition coefficient (Wildman–Crippen LogP) is 0.592. The van der Waals surface area contributed by atoms with Gasteiger partial charge in [0.15, 0.2) is 0 Å². The number of phosphoric acid groups is 1. The number of nitrogens with zero attached hydrogens (tertiary/aromatic N) is 3. The van der Waals surface area contributed by atoms with Crippen LogP contribution in [0.25, 0.3) is 0 Å². The van der Waals surface area contributed by atoms with Crippen LogP contribution in [0.1, 0.15) is 89.8 Å². The number of likely N-dealkylation sites (tertiary alicyclic amines) is 1. The number of amides is 6. The molecule has 0 spiro atoms. The molecule has 0 bridgehead atoms. The van der Waals surface area contributed by atoms with Crippen molar-refractivity contribution in [1.29, 1.82) is 0 Å². The molecule has 0 unspecified atom stereocenters. The summed E-state index contributed by atoms with van der Waals surface area (Å²) in [5.74, 6) is -4.80. The van der Waals surface area contributed by atoms with E-state index < -0.39 is 80.8 Å². The van der Waals surface area contributed by atoms with Crippen LogP contribution in [0, 0.1) is 5.92 Å². The van der Waals surface area contributed by atoms with Crippen molar-refractivity contribution in [2.24, 2.45) is 11.7 Å². The van der Waals surface area contributed by atoms with Crippen LogP contribution in [-0.2, 0) is 57.2 Å². The first-order chi connectivity index (χ1) is 28.0. The molecule has 1 fully saturated rings. The van der Waals surface area contributed by atoms with Crippen LogP contribution in [0.5, 0.6) is 0 Å². The molecule has 20 heteroatoms. The minimum atomic E-state index is -5.05. The number of primary amides is 1. The maximum absolute atomic E-state index is 14.0. The molecule has 59 heavy (non-hydrogen) atoms. The summed E-state index contributed by atoms with van der Waals surface area (Å²) >= 11 is 0. The highest BCUT2D eigenvalue weighted by atomic mass is 31.2. The first-order valence-corrected chi connectivity index (χ1v) is 21.6. The van der Waals surface area contributed by atoms with Crippen LogP contribution in [-0.4, -0.2) is 115 Å². The third kappa shape index (κ3) is 17.2. The van der Waals surface area contributed by atoms with Gasteiger partial charge in [0.05, 0.1) is 19.5 Å². The van der Waals surface area contributed by atoms with Gasteiger partial charge in [-0.2, -0.15) is 0 Å². The van der Waals surface area contributed by atoms with Crippen molar-refractivity contribution in [2.75, 3.05) is 19.8 Å². The molecule has 5 atom stereocenters. The summed E-state index contributed by atoms with van der Waals surface area (Å²) in [6.07, 6.45) is 11.5. The van der Waals surface area contributed by atoms with Gasteiger partial charge in [0.2, 0.25) is 35.4 Å². The van der Waals surface area contributed by atoms with E-state index in [-0.39, 0.29) is 24.7 Å². The highest BCUT2D eigenvalue weighted by molar-refractivity contribution is 7.46. The van der Waals surface area contributed by atoms with Gasteiger partial charge in [-0.3, -0.25) is 33.3 Å². The Morgan fingerprint density at radius 3 is 2.12 bits per heavy atom. The van der Waals surface area contributed by atoms with Crippen molar-refractivity contribution in [2.45, 2.75) is 128 Å². The van der Waals surface area contributed by atoms with Crippen molar-refractivity contribution in [3.8, 4) is 0 Å². The number of benzene rings is 1. The Kier molecular flexibility index (Phi) is 20.1. The van der Waals surface area contributed by atoms with Crippen LogP contribution in [0.3, 0.4) is 0 Å². The number of carbonyl (C=O) groups excluding carboxylic acids is 6. The van der Waals surface area contributed by atoms with Crippen LogP contribution >= 0.6 is 7.82 Å². The number of aromatic nitrogens is 2. The van der Waals surface area contributed by atoms with E-state index in [1.165, 1.54) is 17.4 Å². The normalized spacial score (nSPS) is 16.2. The average molecular weight is 849 g/mol. The Morgan fingerprint density at radius 1 is 0.881 bits per heavy atom. The van der Waals surface area contributed by atoms with E-state index in [4.69, 9.17) is 15.5 Å². The summed E-state index contributed by atoms with van der Waals surface area (Å²) in [6.45, 7) is 4.09. The topological polar surface area (TPSA) is 285 Å². The fraction of sp³-hybridized carbons (Fsp3) is 0.615. The maximum atomic E-state index is 14.0. The number of nitrogens with one attached hydrogen (secondary N) is 4. The molecule has 6 amide bonds. The van der Waals surface area contributed by atoms with E-state index in [9.17, 15) is 38.4 Å². The number of imidazole rings is 1. The predicted molar refractivity (Wildman–Crippen MR) is 216 cm³/mol. The highest BCUT2D eigenvalue weighted by Crippen LogP contribution is 2.35. The monoisotopic (exact) mass is 848 g/mol. The summed E-state index contributed by atoms with van der Waals surface area (Å²) in [7, 11) is -5.05. The summed E-state index contributed by atoms with van der Waals surface area (Å²) in [4.78, 5) is 102. The number of aryl methyl sites for hydroxylation is 2. The van der Waals surface area contributed by atoms with Gasteiger partial charge >= 0.3 is 7.82 Å². The van der Waals surface area contributed by atoms with Gasteiger partial charge in [0.25, 0.3) is 0 Å². The molecule has 0 radical (unpaired) electrons. The number of carbonyl (C=O) groups is 6. The lowest BCUT2D eigenvalue weighted by Crippen LogP contribution is -2.60. The number of hydrogen-bond donors (Lipinski definition) is 8. The number of rotatable bonds is 26. The van der Waals surface area contributed by atoms with Gasteiger partial charge in [-0.05, 0) is 50.0 Å². The van der Waals surface area contributed by atoms with E-state index in [0.717, 1.165) is 44.9 Å². The largest absolute Gasteiger partial charge is 0.469 e. The fourth-order valence-corrected chi connectivity index (χ4v) is 7.21. The zero-order valence-electron chi connectivity index (χ0n) is 34.1. The second-order valence-corrected chi connectivity index (χ2v) is 16.5. The second-order valence-electron chi connectivity index (χ2n) is 15.3. The number of unbranched alkanes of at least 4 members (excludes halogenated alkanes) is 5. The highest BCUT2D eigenvalue weighted by Gasteiger charge is 2.36. The third-order valence-electron chi connectivity index (χ3n) is 9.99. The Balaban J connectivity index is 1.74. The number of hydrogen-bond acceptors (Lipinski definition) is 10. The maximum Gasteiger partial charge on any atom is 0.469 e. The summed E-state index contributed by atoms with van der Waals surface area (Å²) in [5.41, 5.74) is 7.16.